The molecular weight excluding hydrogens is 335 g/mol. The Labute approximate surface area is 155 Å². The van der Waals surface area contributed by atoms with E-state index in [1.807, 2.05) is 0 Å². The Hall–Kier alpha value is -2.17. The number of esters is 2. The highest BCUT2D eigenvalue weighted by molar-refractivity contribution is 5.92. The fourth-order valence-corrected chi connectivity index (χ4v) is 2.45. The topological polar surface area (TPSA) is 52.6 Å². The molecule has 0 fully saturated rings. The monoisotopic (exact) mass is 364 g/mol. The molecule has 0 spiro atoms. The van der Waals surface area contributed by atoms with Gasteiger partial charge in [0.1, 0.15) is 11.6 Å². The third kappa shape index (κ3) is 11.4. The number of rotatable bonds is 13. The third-order valence-electron chi connectivity index (χ3n) is 3.86. The van der Waals surface area contributed by atoms with Crippen LogP contribution in [0, 0.1) is 5.82 Å². The lowest BCUT2D eigenvalue weighted by molar-refractivity contribution is -0.138. The van der Waals surface area contributed by atoms with Crippen LogP contribution in [0.15, 0.2) is 36.4 Å². The molecule has 5 heteroatoms. The average Bonchev–Trinajstić information content (AvgIpc) is 2.61. The highest BCUT2D eigenvalue weighted by atomic mass is 19.1. The summed E-state index contributed by atoms with van der Waals surface area (Å²) >= 11 is 0. The number of hydrogen-bond acceptors (Lipinski definition) is 4. The fraction of sp³-hybridized carbons (Fsp3) is 0.524. The zero-order valence-corrected chi connectivity index (χ0v) is 15.5. The largest absolute Gasteiger partial charge is 0.463 e. The van der Waals surface area contributed by atoms with Crippen molar-refractivity contribution < 1.29 is 23.5 Å². The van der Waals surface area contributed by atoms with Gasteiger partial charge in [0.05, 0.1) is 6.61 Å². The summed E-state index contributed by atoms with van der Waals surface area (Å²) < 4.78 is 22.9. The Morgan fingerprint density at radius 1 is 0.923 bits per heavy atom. The first-order valence-corrected chi connectivity index (χ1v) is 9.44. The second kappa shape index (κ2) is 14.0. The van der Waals surface area contributed by atoms with E-state index in [-0.39, 0.29) is 5.75 Å². The smallest absolute Gasteiger partial charge is 0.336 e. The van der Waals surface area contributed by atoms with Crippen LogP contribution in [0.5, 0.6) is 5.75 Å². The van der Waals surface area contributed by atoms with E-state index < -0.39 is 17.8 Å². The van der Waals surface area contributed by atoms with Crippen LogP contribution in [-0.2, 0) is 14.3 Å². The fourth-order valence-electron chi connectivity index (χ4n) is 2.45. The van der Waals surface area contributed by atoms with Crippen LogP contribution in [0.1, 0.15) is 64.7 Å². The Morgan fingerprint density at radius 3 is 2.19 bits per heavy atom. The highest BCUT2D eigenvalue weighted by Gasteiger charge is 2.04. The minimum atomic E-state index is -0.754. The van der Waals surface area contributed by atoms with E-state index in [1.54, 1.807) is 0 Å². The van der Waals surface area contributed by atoms with Crippen molar-refractivity contribution in [1.82, 2.24) is 0 Å². The molecule has 0 saturated carbocycles. The van der Waals surface area contributed by atoms with Gasteiger partial charge in [-0.25, -0.2) is 14.0 Å². The minimum Gasteiger partial charge on any atom is -0.463 e. The number of carbonyl (C=O) groups excluding carboxylic acids is 2. The normalized spacial score (nSPS) is 10.8. The van der Waals surface area contributed by atoms with Crippen molar-refractivity contribution in [2.24, 2.45) is 0 Å². The maximum Gasteiger partial charge on any atom is 0.336 e. The van der Waals surface area contributed by atoms with Gasteiger partial charge in [-0.3, -0.25) is 0 Å². The van der Waals surface area contributed by atoms with Gasteiger partial charge in [0.25, 0.3) is 0 Å². The molecule has 0 aliphatic rings. The van der Waals surface area contributed by atoms with Gasteiger partial charge < -0.3 is 9.47 Å². The van der Waals surface area contributed by atoms with E-state index in [4.69, 9.17) is 9.47 Å². The second-order valence-corrected chi connectivity index (χ2v) is 6.21. The van der Waals surface area contributed by atoms with E-state index in [0.29, 0.717) is 6.61 Å². The maximum atomic E-state index is 13.0. The summed E-state index contributed by atoms with van der Waals surface area (Å²) in [6.07, 6.45) is 12.7. The minimum absolute atomic E-state index is 0.0858. The predicted molar refractivity (Wildman–Crippen MR) is 99.4 cm³/mol. The molecule has 1 aromatic rings. The number of ether oxygens (including phenoxy) is 2. The summed E-state index contributed by atoms with van der Waals surface area (Å²) in [5, 5.41) is 0. The van der Waals surface area contributed by atoms with Gasteiger partial charge in [0.15, 0.2) is 0 Å². The van der Waals surface area contributed by atoms with Crippen LogP contribution in [0.25, 0.3) is 0 Å². The molecule has 0 aliphatic carbocycles. The molecule has 0 N–H and O–H groups in total. The summed E-state index contributed by atoms with van der Waals surface area (Å²) in [5.41, 5.74) is 0. The zero-order valence-electron chi connectivity index (χ0n) is 15.5. The van der Waals surface area contributed by atoms with Crippen LogP contribution < -0.4 is 4.74 Å². The van der Waals surface area contributed by atoms with Crippen molar-refractivity contribution in [3.05, 3.63) is 42.2 Å². The molecular formula is C21H29FO4. The van der Waals surface area contributed by atoms with E-state index in [9.17, 15) is 14.0 Å². The molecule has 1 aromatic carbocycles. The SMILES string of the molecule is CCCCCCCCCCCOC(=O)/C=C/C(=O)Oc1cccc(F)c1. The molecule has 0 amide bonds. The zero-order chi connectivity index (χ0) is 19.0. The lowest BCUT2D eigenvalue weighted by Gasteiger charge is -2.03. The first kappa shape index (κ1) is 21.9. The van der Waals surface area contributed by atoms with E-state index >= 15 is 0 Å². The van der Waals surface area contributed by atoms with Gasteiger partial charge in [-0.15, -0.1) is 0 Å². The van der Waals surface area contributed by atoms with Crippen LogP contribution in [0.2, 0.25) is 0 Å². The second-order valence-electron chi connectivity index (χ2n) is 6.21. The van der Waals surface area contributed by atoms with Crippen molar-refractivity contribution in [2.75, 3.05) is 6.61 Å². The first-order valence-electron chi connectivity index (χ1n) is 9.44. The van der Waals surface area contributed by atoms with Gasteiger partial charge in [-0.1, -0.05) is 64.4 Å². The molecule has 0 radical (unpaired) electrons. The highest BCUT2D eigenvalue weighted by Crippen LogP contribution is 2.12. The molecule has 0 bridgehead atoms. The van der Waals surface area contributed by atoms with Crippen LogP contribution >= 0.6 is 0 Å². The molecule has 0 aliphatic heterocycles. The number of hydrogen-bond donors (Lipinski definition) is 0. The van der Waals surface area contributed by atoms with Crippen molar-refractivity contribution >= 4 is 11.9 Å². The van der Waals surface area contributed by atoms with Gasteiger partial charge in [0.2, 0.25) is 0 Å². The Balaban J connectivity index is 2.05. The van der Waals surface area contributed by atoms with E-state index in [2.05, 4.69) is 6.92 Å². The van der Waals surface area contributed by atoms with E-state index in [1.165, 1.54) is 56.7 Å². The number of halogens is 1. The van der Waals surface area contributed by atoms with Gasteiger partial charge in [-0.2, -0.15) is 0 Å². The summed E-state index contributed by atoms with van der Waals surface area (Å²) in [6, 6.07) is 5.23. The lowest BCUT2D eigenvalue weighted by Crippen LogP contribution is -2.07. The molecule has 4 nitrogen and oxygen atoms in total. The number of unbranched alkanes of at least 4 members (excludes halogenated alkanes) is 8. The third-order valence-corrected chi connectivity index (χ3v) is 3.86. The Bertz CT molecular complexity index is 569. The standard InChI is InChI=1S/C21H29FO4/c1-2-3-4-5-6-7-8-9-10-16-25-20(23)14-15-21(24)26-19-13-11-12-18(22)17-19/h11-15,17H,2-10,16H2,1H3/b15-14+. The molecule has 0 unspecified atom stereocenters. The summed E-state index contributed by atoms with van der Waals surface area (Å²) in [6.45, 7) is 2.56. The van der Waals surface area contributed by atoms with E-state index in [0.717, 1.165) is 37.5 Å². The quantitative estimate of drug-likeness (QED) is 0.205. The summed E-state index contributed by atoms with van der Waals surface area (Å²) in [4.78, 5) is 23.0. The molecule has 0 atom stereocenters. The molecule has 0 saturated heterocycles. The summed E-state index contributed by atoms with van der Waals surface area (Å²) in [7, 11) is 0. The molecule has 26 heavy (non-hydrogen) atoms. The van der Waals surface area contributed by atoms with Gasteiger partial charge >= 0.3 is 11.9 Å². The first-order chi connectivity index (χ1) is 12.6. The maximum absolute atomic E-state index is 13.0. The van der Waals surface area contributed by atoms with Crippen molar-refractivity contribution in [2.45, 2.75) is 64.7 Å². The van der Waals surface area contributed by atoms with Crippen LogP contribution in [0.3, 0.4) is 0 Å². The summed E-state index contributed by atoms with van der Waals surface area (Å²) in [5.74, 6) is -1.75. The Morgan fingerprint density at radius 2 is 1.54 bits per heavy atom. The van der Waals surface area contributed by atoms with Crippen molar-refractivity contribution in [3.8, 4) is 5.75 Å². The molecule has 0 aromatic heterocycles. The van der Waals surface area contributed by atoms with Crippen LogP contribution in [0.4, 0.5) is 4.39 Å². The van der Waals surface area contributed by atoms with Gasteiger partial charge in [0, 0.05) is 18.2 Å². The van der Waals surface area contributed by atoms with Gasteiger partial charge in [-0.05, 0) is 18.6 Å². The number of carbonyl (C=O) groups is 2. The lowest BCUT2D eigenvalue weighted by atomic mass is 10.1. The van der Waals surface area contributed by atoms with Crippen molar-refractivity contribution in [1.29, 1.82) is 0 Å². The van der Waals surface area contributed by atoms with Crippen molar-refractivity contribution in [3.63, 3.8) is 0 Å². The molecule has 1 rings (SSSR count). The molecule has 144 valence electrons. The predicted octanol–water partition coefficient (Wildman–Crippen LogP) is 5.36. The van der Waals surface area contributed by atoms with Crippen LogP contribution in [-0.4, -0.2) is 18.5 Å². The average molecular weight is 364 g/mol. The molecule has 0 heterocycles. The Kier molecular flexibility index (Phi) is 11.8. The number of benzene rings is 1.